The van der Waals surface area contributed by atoms with E-state index in [-0.39, 0.29) is 42.5 Å². The van der Waals surface area contributed by atoms with E-state index in [4.69, 9.17) is 14.2 Å². The third-order valence-electron chi connectivity index (χ3n) is 4.43. The second-order valence-corrected chi connectivity index (χ2v) is 8.23. The number of hydrogen-bond acceptors (Lipinski definition) is 8. The Morgan fingerprint density at radius 2 is 1.73 bits per heavy atom. The van der Waals surface area contributed by atoms with Crippen molar-refractivity contribution in [3.05, 3.63) is 39.1 Å². The number of ether oxygens (including phenoxy) is 3. The summed E-state index contributed by atoms with van der Waals surface area (Å²) in [6, 6.07) is 4.79. The van der Waals surface area contributed by atoms with Gasteiger partial charge in [0.05, 0.1) is 12.1 Å². The van der Waals surface area contributed by atoms with Crippen LogP contribution < -0.4 is 14.8 Å². The molecule has 1 N–H and O–H groups in total. The van der Waals surface area contributed by atoms with Crippen LogP contribution in [0.1, 0.15) is 50.2 Å². The van der Waals surface area contributed by atoms with Gasteiger partial charge in [-0.05, 0) is 32.9 Å². The fourth-order valence-corrected chi connectivity index (χ4v) is 3.94. The van der Waals surface area contributed by atoms with Gasteiger partial charge in [-0.1, -0.05) is 0 Å². The number of amides is 1. The summed E-state index contributed by atoms with van der Waals surface area (Å²) in [6.45, 7) is 4.64. The Labute approximate surface area is 177 Å². The molecule has 0 saturated heterocycles. The molecule has 2 aromatic rings. The zero-order valence-corrected chi connectivity index (χ0v) is 17.6. The molecule has 0 radical (unpaired) electrons. The Morgan fingerprint density at radius 1 is 1.03 bits per heavy atom. The summed E-state index contributed by atoms with van der Waals surface area (Å²) in [5, 5.41) is 2.54. The van der Waals surface area contributed by atoms with Gasteiger partial charge in [-0.3, -0.25) is 19.2 Å². The molecule has 0 atom stereocenters. The third-order valence-corrected chi connectivity index (χ3v) is 5.39. The van der Waals surface area contributed by atoms with Crippen LogP contribution in [0.25, 0.3) is 0 Å². The average molecular weight is 431 g/mol. The summed E-state index contributed by atoms with van der Waals surface area (Å²) in [5.74, 6) is -0.834. The number of hydrogen-bond donors (Lipinski definition) is 1. The van der Waals surface area contributed by atoms with Gasteiger partial charge >= 0.3 is 5.97 Å². The van der Waals surface area contributed by atoms with E-state index >= 15 is 0 Å². The Bertz CT molecular complexity index is 1020. The van der Waals surface area contributed by atoms with Gasteiger partial charge in [0.25, 0.3) is 5.91 Å². The first-order chi connectivity index (χ1) is 14.2. The molecule has 2 heterocycles. The number of aryl methyl sites for hydroxylation is 2. The lowest BCUT2D eigenvalue weighted by atomic mass is 10.1. The molecule has 0 unspecified atom stereocenters. The number of anilines is 1. The highest BCUT2D eigenvalue weighted by Gasteiger charge is 2.21. The van der Waals surface area contributed by atoms with Crippen LogP contribution >= 0.6 is 11.3 Å². The van der Waals surface area contributed by atoms with E-state index < -0.39 is 18.5 Å². The Hall–Kier alpha value is -3.20. The molecule has 0 fully saturated rings. The van der Waals surface area contributed by atoms with Crippen LogP contribution in [0.3, 0.4) is 0 Å². The van der Waals surface area contributed by atoms with Gasteiger partial charge in [-0.25, -0.2) is 0 Å². The number of nitrogens with one attached hydrogen (secondary N) is 1. The SMILES string of the molecule is CC(=O)c1cc2c(cc1NC(=O)COC(=O)CCC(=O)c1cc(C)sc1C)OCO2. The molecule has 1 aliphatic rings. The lowest BCUT2D eigenvalue weighted by molar-refractivity contribution is -0.147. The molecule has 0 saturated carbocycles. The minimum Gasteiger partial charge on any atom is -0.456 e. The number of fused-ring (bicyclic) bond motifs is 1. The first kappa shape index (κ1) is 21.5. The van der Waals surface area contributed by atoms with Crippen molar-refractivity contribution in [3.63, 3.8) is 0 Å². The summed E-state index contributed by atoms with van der Waals surface area (Å²) in [7, 11) is 0. The first-order valence-electron chi connectivity index (χ1n) is 9.25. The number of benzene rings is 1. The van der Waals surface area contributed by atoms with E-state index in [0.717, 1.165) is 9.75 Å². The van der Waals surface area contributed by atoms with Crippen molar-refractivity contribution in [2.24, 2.45) is 0 Å². The molecule has 0 spiro atoms. The second-order valence-electron chi connectivity index (χ2n) is 6.77. The molecule has 3 rings (SSSR count). The van der Waals surface area contributed by atoms with Crippen molar-refractivity contribution in [2.75, 3.05) is 18.7 Å². The molecule has 9 heteroatoms. The zero-order valence-electron chi connectivity index (χ0n) is 16.8. The second kappa shape index (κ2) is 9.08. The van der Waals surface area contributed by atoms with E-state index in [9.17, 15) is 19.2 Å². The van der Waals surface area contributed by atoms with Crippen LogP contribution in [0, 0.1) is 13.8 Å². The van der Waals surface area contributed by atoms with Crippen molar-refractivity contribution in [1.82, 2.24) is 0 Å². The zero-order chi connectivity index (χ0) is 21.8. The fourth-order valence-electron chi connectivity index (χ4n) is 3.00. The number of Topliss-reactive ketones (excluding diaryl/α,β-unsaturated/α-hetero) is 2. The molecule has 0 aliphatic carbocycles. The van der Waals surface area contributed by atoms with Crippen LogP contribution in [0.2, 0.25) is 0 Å². The standard InChI is InChI=1S/C21H21NO7S/c1-11-6-15(13(3)30-11)17(24)4-5-21(26)27-9-20(25)22-16-8-19-18(28-10-29-19)7-14(16)12(2)23/h6-8H,4-5,9-10H2,1-3H3,(H,22,25). The van der Waals surface area contributed by atoms with Crippen molar-refractivity contribution in [1.29, 1.82) is 0 Å². The van der Waals surface area contributed by atoms with Crippen LogP contribution in [-0.4, -0.2) is 36.8 Å². The lowest BCUT2D eigenvalue weighted by Crippen LogP contribution is -2.22. The van der Waals surface area contributed by atoms with Gasteiger partial charge < -0.3 is 19.5 Å². The molecule has 30 heavy (non-hydrogen) atoms. The lowest BCUT2D eigenvalue weighted by Gasteiger charge is -2.11. The summed E-state index contributed by atoms with van der Waals surface area (Å²) in [5.41, 5.74) is 1.11. The smallest absolute Gasteiger partial charge is 0.306 e. The van der Waals surface area contributed by atoms with E-state index in [1.165, 1.54) is 30.4 Å². The van der Waals surface area contributed by atoms with Crippen LogP contribution in [0.4, 0.5) is 5.69 Å². The molecule has 8 nitrogen and oxygen atoms in total. The Morgan fingerprint density at radius 3 is 2.37 bits per heavy atom. The Kier molecular flexibility index (Phi) is 6.51. The number of ketones is 2. The van der Waals surface area contributed by atoms with Gasteiger partial charge in [0.1, 0.15) is 0 Å². The highest BCUT2D eigenvalue weighted by atomic mass is 32.1. The maximum atomic E-state index is 12.2. The number of thiophene rings is 1. The van der Waals surface area contributed by atoms with Gasteiger partial charge in [0.15, 0.2) is 29.7 Å². The highest BCUT2D eigenvalue weighted by molar-refractivity contribution is 7.12. The van der Waals surface area contributed by atoms with E-state index in [0.29, 0.717) is 17.1 Å². The van der Waals surface area contributed by atoms with E-state index in [2.05, 4.69) is 5.32 Å². The fraction of sp³-hybridized carbons (Fsp3) is 0.333. The van der Waals surface area contributed by atoms with Gasteiger partial charge in [-0.15, -0.1) is 11.3 Å². The molecule has 1 aliphatic heterocycles. The maximum Gasteiger partial charge on any atom is 0.306 e. The minimum atomic E-state index is -0.652. The highest BCUT2D eigenvalue weighted by Crippen LogP contribution is 2.37. The number of rotatable bonds is 8. The molecular weight excluding hydrogens is 410 g/mol. The average Bonchev–Trinajstić information content (AvgIpc) is 3.28. The van der Waals surface area contributed by atoms with E-state index in [1.807, 2.05) is 13.8 Å². The van der Waals surface area contributed by atoms with Crippen molar-refractivity contribution >= 4 is 40.5 Å². The Balaban J connectivity index is 1.51. The molecule has 0 bridgehead atoms. The number of carbonyl (C=O) groups is 4. The molecule has 1 aromatic carbocycles. The molecular formula is C21H21NO7S. The van der Waals surface area contributed by atoms with E-state index in [1.54, 1.807) is 6.07 Å². The molecule has 1 aromatic heterocycles. The quantitative estimate of drug-likeness (QED) is 0.504. The minimum absolute atomic E-state index is 0.00805. The summed E-state index contributed by atoms with van der Waals surface area (Å²) >= 11 is 1.53. The predicted molar refractivity (Wildman–Crippen MR) is 110 cm³/mol. The van der Waals surface area contributed by atoms with Gasteiger partial charge in [0, 0.05) is 33.4 Å². The predicted octanol–water partition coefficient (Wildman–Crippen LogP) is 3.44. The number of carbonyl (C=O) groups excluding carboxylic acids is 4. The molecule has 158 valence electrons. The van der Waals surface area contributed by atoms with Crippen molar-refractivity contribution in [2.45, 2.75) is 33.6 Å². The molecule has 1 amide bonds. The summed E-state index contributed by atoms with van der Waals surface area (Å²) in [6.07, 6.45) is -0.114. The largest absolute Gasteiger partial charge is 0.456 e. The topological polar surface area (TPSA) is 108 Å². The first-order valence-corrected chi connectivity index (χ1v) is 10.1. The van der Waals surface area contributed by atoms with Crippen molar-refractivity contribution in [3.8, 4) is 11.5 Å². The summed E-state index contributed by atoms with van der Waals surface area (Å²) < 4.78 is 15.4. The van der Waals surface area contributed by atoms with Gasteiger partial charge in [-0.2, -0.15) is 0 Å². The third kappa shape index (κ3) is 5.04. The number of esters is 1. The van der Waals surface area contributed by atoms with Crippen LogP contribution in [0.5, 0.6) is 11.5 Å². The maximum absolute atomic E-state index is 12.2. The normalized spacial score (nSPS) is 11.8. The summed E-state index contributed by atoms with van der Waals surface area (Å²) in [4.78, 5) is 50.1. The van der Waals surface area contributed by atoms with Crippen molar-refractivity contribution < 1.29 is 33.4 Å². The van der Waals surface area contributed by atoms with Gasteiger partial charge in [0.2, 0.25) is 6.79 Å². The monoisotopic (exact) mass is 431 g/mol. The van der Waals surface area contributed by atoms with Crippen LogP contribution in [-0.2, 0) is 14.3 Å². The van der Waals surface area contributed by atoms with Crippen LogP contribution in [0.15, 0.2) is 18.2 Å².